The highest BCUT2D eigenvalue weighted by molar-refractivity contribution is 5.66. The van der Waals surface area contributed by atoms with Gasteiger partial charge in [0, 0.05) is 37.0 Å². The SMILES string of the molecule is Fc1cnccc1-c1ccc2ncc(-c3ccc(CN4CCOCC4)cc3)n2n1. The summed E-state index contributed by atoms with van der Waals surface area (Å²) in [5.41, 5.74) is 4.83. The summed E-state index contributed by atoms with van der Waals surface area (Å²) in [5, 5.41) is 4.62. The molecule has 3 aromatic heterocycles. The highest BCUT2D eigenvalue weighted by Gasteiger charge is 2.13. The molecular weight excluding hydrogens is 369 g/mol. The summed E-state index contributed by atoms with van der Waals surface area (Å²) < 4.78 is 21.3. The van der Waals surface area contributed by atoms with Crippen molar-refractivity contribution in [1.29, 1.82) is 0 Å². The van der Waals surface area contributed by atoms with Crippen LogP contribution in [0.2, 0.25) is 0 Å². The molecule has 4 heterocycles. The molecule has 1 aliphatic heterocycles. The summed E-state index contributed by atoms with van der Waals surface area (Å²) in [4.78, 5) is 10.6. The smallest absolute Gasteiger partial charge is 0.154 e. The number of nitrogens with zero attached hydrogens (tertiary/aromatic N) is 5. The van der Waals surface area contributed by atoms with E-state index in [9.17, 15) is 4.39 Å². The van der Waals surface area contributed by atoms with Crippen molar-refractivity contribution in [2.24, 2.45) is 0 Å². The van der Waals surface area contributed by atoms with Gasteiger partial charge in [-0.1, -0.05) is 24.3 Å². The number of rotatable bonds is 4. The second kappa shape index (κ2) is 7.69. The van der Waals surface area contributed by atoms with Gasteiger partial charge in [-0.3, -0.25) is 9.88 Å². The van der Waals surface area contributed by atoms with Crippen LogP contribution in [-0.4, -0.2) is 50.8 Å². The molecular formula is C22H20FN5O. The van der Waals surface area contributed by atoms with Crippen LogP contribution in [0.5, 0.6) is 0 Å². The van der Waals surface area contributed by atoms with Crippen LogP contribution < -0.4 is 0 Å². The third-order valence-electron chi connectivity index (χ3n) is 5.17. The number of halogens is 1. The van der Waals surface area contributed by atoms with Crippen molar-refractivity contribution in [2.75, 3.05) is 26.3 Å². The molecule has 6 nitrogen and oxygen atoms in total. The van der Waals surface area contributed by atoms with Gasteiger partial charge >= 0.3 is 0 Å². The van der Waals surface area contributed by atoms with Crippen molar-refractivity contribution >= 4 is 5.65 Å². The lowest BCUT2D eigenvalue weighted by Gasteiger charge is -2.26. The molecule has 146 valence electrons. The van der Waals surface area contributed by atoms with E-state index in [1.54, 1.807) is 29.0 Å². The highest BCUT2D eigenvalue weighted by atomic mass is 19.1. The average molecular weight is 389 g/mol. The Morgan fingerprint density at radius 1 is 0.966 bits per heavy atom. The van der Waals surface area contributed by atoms with E-state index in [1.165, 1.54) is 11.8 Å². The van der Waals surface area contributed by atoms with Crippen molar-refractivity contribution in [1.82, 2.24) is 24.5 Å². The summed E-state index contributed by atoms with van der Waals surface area (Å²) in [5.74, 6) is -0.395. The zero-order chi connectivity index (χ0) is 19.6. The lowest BCUT2D eigenvalue weighted by atomic mass is 10.1. The predicted octanol–water partition coefficient (Wildman–Crippen LogP) is 3.43. The molecule has 1 fully saturated rings. The van der Waals surface area contributed by atoms with Gasteiger partial charge in [-0.15, -0.1) is 0 Å². The standard InChI is InChI=1S/C22H20FN5O/c23-19-13-24-8-7-18(19)20-5-6-22-25-14-21(28(22)26-20)17-3-1-16(2-4-17)15-27-9-11-29-12-10-27/h1-8,13-14H,9-12,15H2. The average Bonchev–Trinajstić information content (AvgIpc) is 3.19. The molecule has 0 radical (unpaired) electrons. The predicted molar refractivity (Wildman–Crippen MR) is 108 cm³/mol. The summed E-state index contributed by atoms with van der Waals surface area (Å²) in [6.07, 6.45) is 4.56. The fraction of sp³-hybridized carbons (Fsp3) is 0.227. The van der Waals surface area contributed by atoms with Gasteiger partial charge in [0.05, 0.1) is 37.0 Å². The van der Waals surface area contributed by atoms with E-state index in [-0.39, 0.29) is 0 Å². The second-order valence-electron chi connectivity index (χ2n) is 7.07. The van der Waals surface area contributed by atoms with Crippen LogP contribution in [0, 0.1) is 5.82 Å². The molecule has 0 saturated carbocycles. The largest absolute Gasteiger partial charge is 0.379 e. The monoisotopic (exact) mass is 389 g/mol. The molecule has 29 heavy (non-hydrogen) atoms. The van der Waals surface area contributed by atoms with Crippen LogP contribution >= 0.6 is 0 Å². The maximum absolute atomic E-state index is 14.1. The number of hydrogen-bond acceptors (Lipinski definition) is 5. The maximum atomic E-state index is 14.1. The first-order chi connectivity index (χ1) is 14.3. The van der Waals surface area contributed by atoms with E-state index < -0.39 is 5.82 Å². The molecule has 0 unspecified atom stereocenters. The van der Waals surface area contributed by atoms with Gasteiger partial charge in [-0.2, -0.15) is 5.10 Å². The number of fused-ring (bicyclic) bond motifs is 1. The molecule has 0 aliphatic carbocycles. The van der Waals surface area contributed by atoms with Gasteiger partial charge in [-0.25, -0.2) is 13.9 Å². The topological polar surface area (TPSA) is 55.5 Å². The van der Waals surface area contributed by atoms with Crippen LogP contribution in [0.4, 0.5) is 4.39 Å². The molecule has 0 N–H and O–H groups in total. The summed E-state index contributed by atoms with van der Waals surface area (Å²) in [6.45, 7) is 4.44. The normalized spacial score (nSPS) is 15.1. The fourth-order valence-electron chi connectivity index (χ4n) is 3.60. The van der Waals surface area contributed by atoms with Gasteiger partial charge in [0.15, 0.2) is 11.5 Å². The van der Waals surface area contributed by atoms with E-state index in [1.807, 2.05) is 6.07 Å². The molecule has 5 rings (SSSR count). The summed E-state index contributed by atoms with van der Waals surface area (Å²) >= 11 is 0. The number of benzene rings is 1. The molecule has 1 aliphatic rings. The van der Waals surface area contributed by atoms with Crippen LogP contribution in [0.15, 0.2) is 61.1 Å². The van der Waals surface area contributed by atoms with E-state index in [0.717, 1.165) is 49.8 Å². The van der Waals surface area contributed by atoms with Gasteiger partial charge < -0.3 is 4.74 Å². The molecule has 1 saturated heterocycles. The zero-order valence-corrected chi connectivity index (χ0v) is 15.8. The van der Waals surface area contributed by atoms with E-state index >= 15 is 0 Å². The van der Waals surface area contributed by atoms with E-state index in [0.29, 0.717) is 11.3 Å². The molecule has 1 aromatic carbocycles. The number of imidazole rings is 1. The molecule has 0 amide bonds. The Morgan fingerprint density at radius 2 is 1.79 bits per heavy atom. The van der Waals surface area contributed by atoms with E-state index in [4.69, 9.17) is 4.74 Å². The Hall–Kier alpha value is -3.16. The number of ether oxygens (including phenoxy) is 1. The highest BCUT2D eigenvalue weighted by Crippen LogP contribution is 2.24. The van der Waals surface area contributed by atoms with Crippen LogP contribution in [0.25, 0.3) is 28.2 Å². The Bertz CT molecular complexity index is 1140. The third kappa shape index (κ3) is 3.62. The van der Waals surface area contributed by atoms with Gasteiger partial charge in [-0.05, 0) is 23.8 Å². The molecule has 0 bridgehead atoms. The van der Waals surface area contributed by atoms with Crippen molar-refractivity contribution in [3.8, 4) is 22.5 Å². The Labute approximate surface area is 167 Å². The lowest BCUT2D eigenvalue weighted by molar-refractivity contribution is 0.0342. The third-order valence-corrected chi connectivity index (χ3v) is 5.17. The van der Waals surface area contributed by atoms with Crippen LogP contribution in [-0.2, 0) is 11.3 Å². The second-order valence-corrected chi connectivity index (χ2v) is 7.07. The summed E-state index contributed by atoms with van der Waals surface area (Å²) in [7, 11) is 0. The minimum atomic E-state index is -0.395. The fourth-order valence-corrected chi connectivity index (χ4v) is 3.60. The number of morpholine rings is 1. The first-order valence-electron chi connectivity index (χ1n) is 9.62. The molecule has 0 atom stereocenters. The molecule has 0 spiro atoms. The Kier molecular flexibility index (Phi) is 4.75. The van der Waals surface area contributed by atoms with Gasteiger partial charge in [0.25, 0.3) is 0 Å². The number of aromatic nitrogens is 4. The van der Waals surface area contributed by atoms with Crippen LogP contribution in [0.1, 0.15) is 5.56 Å². The van der Waals surface area contributed by atoms with Crippen molar-refractivity contribution < 1.29 is 9.13 Å². The first kappa shape index (κ1) is 17.9. The van der Waals surface area contributed by atoms with Crippen molar-refractivity contribution in [2.45, 2.75) is 6.54 Å². The number of hydrogen-bond donors (Lipinski definition) is 0. The lowest BCUT2D eigenvalue weighted by Crippen LogP contribution is -2.35. The van der Waals surface area contributed by atoms with Gasteiger partial charge in [0.1, 0.15) is 0 Å². The van der Waals surface area contributed by atoms with Crippen LogP contribution in [0.3, 0.4) is 0 Å². The summed E-state index contributed by atoms with van der Waals surface area (Å²) in [6, 6.07) is 13.7. The minimum absolute atomic E-state index is 0.395. The van der Waals surface area contributed by atoms with Crippen molar-refractivity contribution in [3.63, 3.8) is 0 Å². The number of pyridine rings is 1. The first-order valence-corrected chi connectivity index (χ1v) is 9.62. The quantitative estimate of drug-likeness (QED) is 0.535. The Morgan fingerprint density at radius 3 is 2.59 bits per heavy atom. The van der Waals surface area contributed by atoms with Gasteiger partial charge in [0.2, 0.25) is 0 Å². The van der Waals surface area contributed by atoms with Crippen molar-refractivity contribution in [3.05, 3.63) is 72.4 Å². The zero-order valence-electron chi connectivity index (χ0n) is 15.8. The molecule has 4 aromatic rings. The maximum Gasteiger partial charge on any atom is 0.154 e. The minimum Gasteiger partial charge on any atom is -0.379 e. The van der Waals surface area contributed by atoms with E-state index in [2.05, 4.69) is 44.2 Å². The Balaban J connectivity index is 1.45. The molecule has 7 heteroatoms.